The third-order valence-electron chi connectivity index (χ3n) is 3.35. The van der Waals surface area contributed by atoms with Gasteiger partial charge in [-0.2, -0.15) is 13.2 Å². The first-order valence-corrected chi connectivity index (χ1v) is 7.84. The van der Waals surface area contributed by atoms with Crippen molar-refractivity contribution in [2.45, 2.75) is 6.18 Å². The molecule has 1 aliphatic heterocycles. The fourth-order valence-electron chi connectivity index (χ4n) is 2.40. The summed E-state index contributed by atoms with van der Waals surface area (Å²) in [5.74, 6) is -1.56. The number of hydrogen-bond acceptors (Lipinski definition) is 2. The van der Waals surface area contributed by atoms with Crippen LogP contribution in [-0.2, 0) is 6.18 Å². The largest absolute Gasteiger partial charge is 0.418 e. The molecular formula is C15H6Br2F3NO2. The minimum absolute atomic E-state index is 0.00583. The quantitative estimate of drug-likeness (QED) is 0.573. The first-order chi connectivity index (χ1) is 10.7. The third-order valence-corrected chi connectivity index (χ3v) is 4.41. The second kappa shape index (κ2) is 5.45. The smallest absolute Gasteiger partial charge is 0.268 e. The molecule has 3 rings (SSSR count). The van der Waals surface area contributed by atoms with Crippen LogP contribution >= 0.6 is 31.9 Å². The number of benzene rings is 2. The Kier molecular flexibility index (Phi) is 3.84. The minimum Gasteiger partial charge on any atom is -0.268 e. The summed E-state index contributed by atoms with van der Waals surface area (Å²) >= 11 is 6.01. The Bertz CT molecular complexity index is 814. The summed E-state index contributed by atoms with van der Waals surface area (Å²) in [5.41, 5.74) is -1.42. The topological polar surface area (TPSA) is 37.4 Å². The van der Waals surface area contributed by atoms with Crippen molar-refractivity contribution < 1.29 is 22.8 Å². The summed E-state index contributed by atoms with van der Waals surface area (Å²) < 4.78 is 40.2. The zero-order chi connectivity index (χ0) is 16.9. The Morgan fingerprint density at radius 3 is 1.91 bits per heavy atom. The lowest BCUT2D eigenvalue weighted by Gasteiger charge is -2.21. The second-order valence-electron chi connectivity index (χ2n) is 4.77. The van der Waals surface area contributed by atoms with E-state index in [9.17, 15) is 22.8 Å². The lowest BCUT2D eigenvalue weighted by Crippen LogP contribution is -2.32. The Hall–Kier alpha value is -1.67. The van der Waals surface area contributed by atoms with E-state index in [-0.39, 0.29) is 20.1 Å². The van der Waals surface area contributed by atoms with E-state index in [2.05, 4.69) is 31.9 Å². The zero-order valence-electron chi connectivity index (χ0n) is 11.1. The molecule has 0 spiro atoms. The molecule has 0 saturated carbocycles. The number of carbonyl (C=O) groups excluding carboxylic acids is 2. The molecule has 0 aliphatic carbocycles. The number of halogens is 5. The number of amides is 2. The lowest BCUT2D eigenvalue weighted by molar-refractivity contribution is -0.137. The van der Waals surface area contributed by atoms with Crippen molar-refractivity contribution >= 4 is 49.4 Å². The van der Waals surface area contributed by atoms with Crippen molar-refractivity contribution in [3.63, 3.8) is 0 Å². The van der Waals surface area contributed by atoms with Crippen molar-refractivity contribution in [2.75, 3.05) is 4.90 Å². The zero-order valence-corrected chi connectivity index (χ0v) is 14.3. The van der Waals surface area contributed by atoms with Gasteiger partial charge >= 0.3 is 6.18 Å². The average molecular weight is 449 g/mol. The lowest BCUT2D eigenvalue weighted by atomic mass is 10.1. The van der Waals surface area contributed by atoms with Gasteiger partial charge < -0.3 is 0 Å². The Morgan fingerprint density at radius 2 is 1.43 bits per heavy atom. The van der Waals surface area contributed by atoms with Crippen molar-refractivity contribution in [2.24, 2.45) is 0 Å². The van der Waals surface area contributed by atoms with Crippen LogP contribution in [0, 0.1) is 0 Å². The number of rotatable bonds is 1. The molecule has 2 amide bonds. The van der Waals surface area contributed by atoms with Crippen LogP contribution in [0.5, 0.6) is 0 Å². The predicted molar refractivity (Wildman–Crippen MR) is 84.4 cm³/mol. The van der Waals surface area contributed by atoms with Crippen LogP contribution in [0.15, 0.2) is 45.3 Å². The molecule has 1 heterocycles. The fourth-order valence-corrected chi connectivity index (χ4v) is 3.80. The number of nitrogens with zero attached hydrogens (tertiary/aromatic N) is 1. The molecule has 0 bridgehead atoms. The summed E-state index contributed by atoms with van der Waals surface area (Å²) in [6.07, 6.45) is -4.73. The Labute approximate surface area is 145 Å². The van der Waals surface area contributed by atoms with E-state index in [4.69, 9.17) is 0 Å². The van der Waals surface area contributed by atoms with Gasteiger partial charge in [0.2, 0.25) is 0 Å². The SMILES string of the molecule is O=C1c2ccccc2C(=O)N1c1c(Br)cc(Br)cc1C(F)(F)F. The molecular weight excluding hydrogens is 443 g/mol. The van der Waals surface area contributed by atoms with Gasteiger partial charge in [-0.3, -0.25) is 9.59 Å². The summed E-state index contributed by atoms with van der Waals surface area (Å²) in [5, 5.41) is 0. The molecule has 3 nitrogen and oxygen atoms in total. The highest BCUT2D eigenvalue weighted by molar-refractivity contribution is 9.11. The molecule has 0 atom stereocenters. The minimum atomic E-state index is -4.73. The van der Waals surface area contributed by atoms with Crippen LogP contribution in [0.1, 0.15) is 26.3 Å². The van der Waals surface area contributed by atoms with E-state index in [1.807, 2.05) is 0 Å². The molecule has 0 unspecified atom stereocenters. The van der Waals surface area contributed by atoms with Crippen LogP contribution < -0.4 is 4.90 Å². The van der Waals surface area contributed by atoms with E-state index in [1.54, 1.807) is 12.1 Å². The molecule has 2 aromatic rings. The van der Waals surface area contributed by atoms with E-state index < -0.39 is 29.2 Å². The van der Waals surface area contributed by atoms with Crippen molar-refractivity contribution in [3.8, 4) is 0 Å². The number of carbonyl (C=O) groups is 2. The molecule has 0 N–H and O–H groups in total. The van der Waals surface area contributed by atoms with Crippen molar-refractivity contribution in [1.29, 1.82) is 0 Å². The van der Waals surface area contributed by atoms with E-state index in [1.165, 1.54) is 18.2 Å². The molecule has 23 heavy (non-hydrogen) atoms. The van der Waals surface area contributed by atoms with Gasteiger partial charge in [-0.25, -0.2) is 4.90 Å². The summed E-state index contributed by atoms with van der Waals surface area (Å²) in [6, 6.07) is 8.12. The third kappa shape index (κ3) is 2.59. The molecule has 2 aromatic carbocycles. The van der Waals surface area contributed by atoms with Gasteiger partial charge in [-0.15, -0.1) is 0 Å². The Morgan fingerprint density at radius 1 is 0.913 bits per heavy atom. The maximum absolute atomic E-state index is 13.4. The van der Waals surface area contributed by atoms with Crippen LogP contribution in [-0.4, -0.2) is 11.8 Å². The van der Waals surface area contributed by atoms with E-state index in [0.717, 1.165) is 6.07 Å². The molecule has 0 radical (unpaired) electrons. The molecule has 8 heteroatoms. The highest BCUT2D eigenvalue weighted by Crippen LogP contribution is 2.44. The van der Waals surface area contributed by atoms with Gasteiger partial charge in [0.1, 0.15) is 0 Å². The fraction of sp³-hybridized carbons (Fsp3) is 0.0667. The first kappa shape index (κ1) is 16.2. The molecule has 0 aromatic heterocycles. The number of alkyl halides is 3. The number of anilines is 1. The summed E-state index contributed by atoms with van der Waals surface area (Å²) in [4.78, 5) is 25.4. The van der Waals surface area contributed by atoms with E-state index >= 15 is 0 Å². The highest BCUT2D eigenvalue weighted by atomic mass is 79.9. The number of hydrogen-bond donors (Lipinski definition) is 0. The molecule has 118 valence electrons. The monoisotopic (exact) mass is 447 g/mol. The van der Waals surface area contributed by atoms with Crippen LogP contribution in [0.4, 0.5) is 18.9 Å². The number of fused-ring (bicyclic) bond motifs is 1. The van der Waals surface area contributed by atoms with Gasteiger partial charge in [0.05, 0.1) is 22.4 Å². The van der Waals surface area contributed by atoms with Gasteiger partial charge in [0, 0.05) is 8.95 Å². The standard InChI is InChI=1S/C15H6Br2F3NO2/c16-7-5-10(15(18,19)20)12(11(17)6-7)21-13(22)8-3-1-2-4-9(8)14(21)23/h1-6H. The maximum atomic E-state index is 13.4. The number of imide groups is 1. The first-order valence-electron chi connectivity index (χ1n) is 6.26. The van der Waals surface area contributed by atoms with Crippen molar-refractivity contribution in [1.82, 2.24) is 0 Å². The Balaban J connectivity index is 2.25. The highest BCUT2D eigenvalue weighted by Gasteiger charge is 2.43. The van der Waals surface area contributed by atoms with Crippen LogP contribution in [0.3, 0.4) is 0 Å². The van der Waals surface area contributed by atoms with Crippen molar-refractivity contribution in [3.05, 3.63) is 62.0 Å². The van der Waals surface area contributed by atoms with Gasteiger partial charge in [0.25, 0.3) is 11.8 Å². The molecule has 0 saturated heterocycles. The van der Waals surface area contributed by atoms with Crippen LogP contribution in [0.2, 0.25) is 0 Å². The maximum Gasteiger partial charge on any atom is 0.418 e. The molecule has 0 fully saturated rings. The average Bonchev–Trinajstić information content (AvgIpc) is 2.71. The predicted octanol–water partition coefficient (Wildman–Crippen LogP) is 5.03. The van der Waals surface area contributed by atoms with Gasteiger partial charge in [-0.1, -0.05) is 28.1 Å². The van der Waals surface area contributed by atoms with Gasteiger partial charge in [-0.05, 0) is 40.2 Å². The molecule has 1 aliphatic rings. The van der Waals surface area contributed by atoms with Gasteiger partial charge in [0.15, 0.2) is 0 Å². The summed E-state index contributed by atoms with van der Waals surface area (Å²) in [6.45, 7) is 0. The second-order valence-corrected chi connectivity index (χ2v) is 6.54. The van der Waals surface area contributed by atoms with E-state index in [0.29, 0.717) is 4.90 Å². The normalized spacial score (nSPS) is 14.4. The van der Waals surface area contributed by atoms with Crippen LogP contribution in [0.25, 0.3) is 0 Å². The summed E-state index contributed by atoms with van der Waals surface area (Å²) in [7, 11) is 0.